The van der Waals surface area contributed by atoms with Gasteiger partial charge in [-0.05, 0) is 55.7 Å². The van der Waals surface area contributed by atoms with E-state index >= 15 is 0 Å². The number of thiophene rings is 1. The highest BCUT2D eigenvalue weighted by Crippen LogP contribution is 2.28. The summed E-state index contributed by atoms with van der Waals surface area (Å²) < 4.78 is 0.900. The fourth-order valence-electron chi connectivity index (χ4n) is 2.91. The molecule has 1 heterocycles. The van der Waals surface area contributed by atoms with Crippen molar-refractivity contribution in [3.05, 3.63) is 21.3 Å². The first-order valence-corrected chi connectivity index (χ1v) is 8.97. The Balaban J connectivity index is 2.54. The number of hydrogen-bond acceptors (Lipinski definition) is 2. The number of halogens is 1. The van der Waals surface area contributed by atoms with Crippen LogP contribution in [0.15, 0.2) is 12.1 Å². The summed E-state index contributed by atoms with van der Waals surface area (Å²) in [6.07, 6.45) is 4.82. The van der Waals surface area contributed by atoms with Crippen LogP contribution in [0.25, 0.3) is 0 Å². The van der Waals surface area contributed by atoms with Gasteiger partial charge in [0, 0.05) is 10.9 Å². The molecule has 0 radical (unpaired) electrons. The van der Waals surface area contributed by atoms with E-state index in [-0.39, 0.29) is 0 Å². The van der Waals surface area contributed by atoms with Gasteiger partial charge in [0.1, 0.15) is 0 Å². The first-order valence-electron chi connectivity index (χ1n) is 7.77. The number of nitrogens with one attached hydrogen (secondary N) is 1. The topological polar surface area (TPSA) is 12.0 Å². The summed E-state index contributed by atoms with van der Waals surface area (Å²) in [5.41, 5.74) is 0.418. The standard InChI is InChI=1S/C17H30ClNS/c1-6-9-19-14(10-13(2)12-17(3,4)5)11-15-7-8-16(18)20-15/h7-8,13-14,19H,6,9-12H2,1-5H3. The van der Waals surface area contributed by atoms with E-state index in [0.29, 0.717) is 11.5 Å². The molecular weight excluding hydrogens is 286 g/mol. The molecule has 116 valence electrons. The van der Waals surface area contributed by atoms with Crippen molar-refractivity contribution in [3.8, 4) is 0 Å². The highest BCUT2D eigenvalue weighted by molar-refractivity contribution is 7.16. The summed E-state index contributed by atoms with van der Waals surface area (Å²) >= 11 is 7.75. The van der Waals surface area contributed by atoms with E-state index in [1.54, 1.807) is 11.3 Å². The van der Waals surface area contributed by atoms with Crippen molar-refractivity contribution in [2.75, 3.05) is 6.54 Å². The maximum Gasteiger partial charge on any atom is 0.0931 e. The van der Waals surface area contributed by atoms with Gasteiger partial charge < -0.3 is 5.32 Å². The Kier molecular flexibility index (Phi) is 7.57. The molecule has 0 amide bonds. The van der Waals surface area contributed by atoms with Gasteiger partial charge in [0.05, 0.1) is 4.34 Å². The number of hydrogen-bond donors (Lipinski definition) is 1. The zero-order valence-corrected chi connectivity index (χ0v) is 15.2. The minimum atomic E-state index is 0.418. The predicted molar refractivity (Wildman–Crippen MR) is 93.0 cm³/mol. The van der Waals surface area contributed by atoms with E-state index in [0.717, 1.165) is 23.2 Å². The van der Waals surface area contributed by atoms with E-state index < -0.39 is 0 Å². The Morgan fingerprint density at radius 3 is 2.50 bits per heavy atom. The molecule has 1 aromatic rings. The van der Waals surface area contributed by atoms with Crippen LogP contribution < -0.4 is 5.32 Å². The Morgan fingerprint density at radius 1 is 1.30 bits per heavy atom. The summed E-state index contributed by atoms with van der Waals surface area (Å²) in [6.45, 7) is 12.7. The fraction of sp³-hybridized carbons (Fsp3) is 0.765. The van der Waals surface area contributed by atoms with Crippen LogP contribution in [0, 0.1) is 11.3 Å². The van der Waals surface area contributed by atoms with Gasteiger partial charge in [-0.2, -0.15) is 0 Å². The van der Waals surface area contributed by atoms with Crippen LogP contribution in [0.4, 0.5) is 0 Å². The molecule has 1 aromatic heterocycles. The van der Waals surface area contributed by atoms with Crippen molar-refractivity contribution in [1.82, 2.24) is 5.32 Å². The summed E-state index contributed by atoms with van der Waals surface area (Å²) in [5.74, 6) is 0.750. The lowest BCUT2D eigenvalue weighted by Gasteiger charge is -2.27. The van der Waals surface area contributed by atoms with E-state index in [9.17, 15) is 0 Å². The molecular formula is C17H30ClNS. The molecule has 0 aliphatic carbocycles. The maximum absolute atomic E-state index is 6.04. The van der Waals surface area contributed by atoms with Gasteiger partial charge in [0.25, 0.3) is 0 Å². The van der Waals surface area contributed by atoms with Gasteiger partial charge in [-0.1, -0.05) is 46.2 Å². The average molecular weight is 316 g/mol. The second kappa shape index (κ2) is 8.41. The smallest absolute Gasteiger partial charge is 0.0931 e. The molecule has 1 N–H and O–H groups in total. The second-order valence-electron chi connectivity index (χ2n) is 7.17. The SMILES string of the molecule is CCCNC(Cc1ccc(Cl)s1)CC(C)CC(C)(C)C. The molecule has 0 aliphatic heterocycles. The molecule has 1 nitrogen and oxygen atoms in total. The van der Waals surface area contributed by atoms with E-state index in [1.807, 2.05) is 6.07 Å². The highest BCUT2D eigenvalue weighted by Gasteiger charge is 2.19. The molecule has 2 atom stereocenters. The third-order valence-corrected chi connectivity index (χ3v) is 4.66. The zero-order chi connectivity index (χ0) is 15.2. The van der Waals surface area contributed by atoms with Crippen LogP contribution in [0.1, 0.15) is 58.8 Å². The van der Waals surface area contributed by atoms with Gasteiger partial charge in [0.15, 0.2) is 0 Å². The molecule has 0 spiro atoms. The molecule has 20 heavy (non-hydrogen) atoms. The lowest BCUT2D eigenvalue weighted by atomic mass is 9.82. The summed E-state index contributed by atoms with van der Waals surface area (Å²) in [6, 6.07) is 4.75. The Hall–Kier alpha value is -0.0500. The lowest BCUT2D eigenvalue weighted by Crippen LogP contribution is -2.33. The molecule has 0 aliphatic rings. The second-order valence-corrected chi connectivity index (χ2v) is 8.97. The van der Waals surface area contributed by atoms with Gasteiger partial charge in [-0.3, -0.25) is 0 Å². The monoisotopic (exact) mass is 315 g/mol. The van der Waals surface area contributed by atoms with Gasteiger partial charge in [-0.25, -0.2) is 0 Å². The predicted octanol–water partition coefficient (Wildman–Crippen LogP) is 5.77. The largest absolute Gasteiger partial charge is 0.314 e. The van der Waals surface area contributed by atoms with Gasteiger partial charge >= 0.3 is 0 Å². The van der Waals surface area contributed by atoms with E-state index in [4.69, 9.17) is 11.6 Å². The Morgan fingerprint density at radius 2 is 2.00 bits per heavy atom. The van der Waals surface area contributed by atoms with Crippen molar-refractivity contribution in [2.24, 2.45) is 11.3 Å². The van der Waals surface area contributed by atoms with Crippen LogP contribution >= 0.6 is 22.9 Å². The Bertz CT molecular complexity index is 381. The van der Waals surface area contributed by atoms with Crippen LogP contribution in [0.5, 0.6) is 0 Å². The average Bonchev–Trinajstić information content (AvgIpc) is 2.69. The first kappa shape index (κ1) is 18.0. The van der Waals surface area contributed by atoms with E-state index in [1.165, 1.54) is 24.1 Å². The molecule has 1 rings (SSSR count). The van der Waals surface area contributed by atoms with Gasteiger partial charge in [0.2, 0.25) is 0 Å². The lowest BCUT2D eigenvalue weighted by molar-refractivity contribution is 0.274. The van der Waals surface area contributed by atoms with Crippen molar-refractivity contribution in [3.63, 3.8) is 0 Å². The molecule has 0 bridgehead atoms. The van der Waals surface area contributed by atoms with Crippen molar-refractivity contribution >= 4 is 22.9 Å². The van der Waals surface area contributed by atoms with Crippen molar-refractivity contribution in [1.29, 1.82) is 0 Å². The van der Waals surface area contributed by atoms with Crippen LogP contribution in [-0.2, 0) is 6.42 Å². The van der Waals surface area contributed by atoms with Crippen LogP contribution in [0.3, 0.4) is 0 Å². The minimum absolute atomic E-state index is 0.418. The Labute approximate surface area is 134 Å². The van der Waals surface area contributed by atoms with Crippen molar-refractivity contribution in [2.45, 2.75) is 66.3 Å². The van der Waals surface area contributed by atoms with Crippen LogP contribution in [0.2, 0.25) is 4.34 Å². The quantitative estimate of drug-likeness (QED) is 0.641. The van der Waals surface area contributed by atoms with Crippen molar-refractivity contribution < 1.29 is 0 Å². The third kappa shape index (κ3) is 7.66. The summed E-state index contributed by atoms with van der Waals surface area (Å²) in [7, 11) is 0. The minimum Gasteiger partial charge on any atom is -0.314 e. The third-order valence-electron chi connectivity index (χ3n) is 3.41. The van der Waals surface area contributed by atoms with Gasteiger partial charge in [-0.15, -0.1) is 11.3 Å². The number of rotatable bonds is 8. The maximum atomic E-state index is 6.04. The first-order chi connectivity index (χ1) is 9.30. The molecule has 2 unspecified atom stereocenters. The fourth-order valence-corrected chi connectivity index (χ4v) is 4.07. The molecule has 0 saturated heterocycles. The summed E-state index contributed by atoms with van der Waals surface area (Å²) in [5, 5.41) is 3.71. The molecule has 0 saturated carbocycles. The molecule has 0 fully saturated rings. The van der Waals surface area contributed by atoms with Crippen LogP contribution in [-0.4, -0.2) is 12.6 Å². The molecule has 3 heteroatoms. The van der Waals surface area contributed by atoms with E-state index in [2.05, 4.69) is 46.0 Å². The highest BCUT2D eigenvalue weighted by atomic mass is 35.5. The zero-order valence-electron chi connectivity index (χ0n) is 13.6. The molecule has 0 aromatic carbocycles. The summed E-state index contributed by atoms with van der Waals surface area (Å²) in [4.78, 5) is 1.39. The normalized spacial score (nSPS) is 15.3.